The predicted octanol–water partition coefficient (Wildman–Crippen LogP) is 3.49. The van der Waals surface area contributed by atoms with E-state index in [0.717, 1.165) is 25.9 Å². The molecular weight excluding hydrogens is 260 g/mol. The second kappa shape index (κ2) is 8.40. The Kier molecular flexibility index (Phi) is 6.52. The van der Waals surface area contributed by atoms with Crippen LogP contribution in [0, 0.1) is 0 Å². The minimum absolute atomic E-state index is 0.255. The lowest BCUT2D eigenvalue weighted by Gasteiger charge is -2.34. The van der Waals surface area contributed by atoms with E-state index >= 15 is 0 Å². The Morgan fingerprint density at radius 2 is 2.10 bits per heavy atom. The summed E-state index contributed by atoms with van der Waals surface area (Å²) >= 11 is 0. The van der Waals surface area contributed by atoms with Crippen molar-refractivity contribution in [2.45, 2.75) is 58.0 Å². The van der Waals surface area contributed by atoms with Crippen LogP contribution in [0.1, 0.15) is 57.6 Å². The molecule has 2 rings (SSSR count). The van der Waals surface area contributed by atoms with Crippen molar-refractivity contribution < 1.29 is 5.11 Å². The van der Waals surface area contributed by atoms with Gasteiger partial charge in [0.05, 0.1) is 12.6 Å². The minimum Gasteiger partial charge on any atom is -0.394 e. The van der Waals surface area contributed by atoms with Crippen LogP contribution in [-0.2, 0) is 0 Å². The van der Waals surface area contributed by atoms with Gasteiger partial charge in [0.15, 0.2) is 0 Å². The lowest BCUT2D eigenvalue weighted by atomic mass is 10.0. The molecule has 0 amide bonds. The summed E-state index contributed by atoms with van der Waals surface area (Å²) in [5.41, 5.74) is 2.65. The van der Waals surface area contributed by atoms with Crippen molar-refractivity contribution in [3.63, 3.8) is 0 Å². The standard InChI is InChI=1S/C18H30N2O/c1-3-12-19-15(2)17-10-6-7-11-18(17)20-13-8-4-5-9-16(20)14-21/h6-7,10-11,15-16,19,21H,3-5,8-9,12-14H2,1-2H3. The van der Waals surface area contributed by atoms with E-state index in [-0.39, 0.29) is 12.6 Å². The molecule has 1 aliphatic heterocycles. The molecule has 118 valence electrons. The Labute approximate surface area is 129 Å². The van der Waals surface area contributed by atoms with Gasteiger partial charge in [0.2, 0.25) is 0 Å². The van der Waals surface area contributed by atoms with Crippen molar-refractivity contribution in [1.82, 2.24) is 5.32 Å². The van der Waals surface area contributed by atoms with Crippen LogP contribution in [0.3, 0.4) is 0 Å². The maximum absolute atomic E-state index is 9.76. The van der Waals surface area contributed by atoms with Crippen LogP contribution in [0.4, 0.5) is 5.69 Å². The van der Waals surface area contributed by atoms with E-state index in [1.54, 1.807) is 0 Å². The largest absolute Gasteiger partial charge is 0.394 e. The van der Waals surface area contributed by atoms with Gasteiger partial charge in [0.25, 0.3) is 0 Å². The highest BCUT2D eigenvalue weighted by atomic mass is 16.3. The summed E-state index contributed by atoms with van der Waals surface area (Å²) < 4.78 is 0. The van der Waals surface area contributed by atoms with Gasteiger partial charge < -0.3 is 15.3 Å². The highest BCUT2D eigenvalue weighted by Crippen LogP contribution is 2.30. The zero-order valence-corrected chi connectivity index (χ0v) is 13.5. The number of para-hydroxylation sites is 1. The monoisotopic (exact) mass is 290 g/mol. The smallest absolute Gasteiger partial charge is 0.0635 e. The van der Waals surface area contributed by atoms with E-state index in [9.17, 15) is 5.11 Å². The lowest BCUT2D eigenvalue weighted by Crippen LogP contribution is -2.38. The van der Waals surface area contributed by atoms with Gasteiger partial charge in [-0.25, -0.2) is 0 Å². The molecule has 3 heteroatoms. The van der Waals surface area contributed by atoms with Crippen LogP contribution < -0.4 is 10.2 Å². The van der Waals surface area contributed by atoms with E-state index in [1.807, 2.05) is 0 Å². The Morgan fingerprint density at radius 3 is 2.86 bits per heavy atom. The van der Waals surface area contributed by atoms with Crippen molar-refractivity contribution in [2.24, 2.45) is 0 Å². The molecule has 0 saturated carbocycles. The molecule has 2 unspecified atom stereocenters. The third-order valence-corrected chi connectivity index (χ3v) is 4.50. The van der Waals surface area contributed by atoms with Gasteiger partial charge in [-0.05, 0) is 44.4 Å². The Bertz CT molecular complexity index is 421. The third kappa shape index (κ3) is 4.21. The fourth-order valence-electron chi connectivity index (χ4n) is 3.27. The summed E-state index contributed by atoms with van der Waals surface area (Å²) in [7, 11) is 0. The van der Waals surface area contributed by atoms with Crippen LogP contribution in [0.2, 0.25) is 0 Å². The highest BCUT2D eigenvalue weighted by Gasteiger charge is 2.23. The summed E-state index contributed by atoms with van der Waals surface area (Å²) in [4.78, 5) is 2.44. The number of nitrogens with zero attached hydrogens (tertiary/aromatic N) is 1. The Balaban J connectivity index is 2.24. The molecule has 0 bridgehead atoms. The maximum Gasteiger partial charge on any atom is 0.0635 e. The van der Waals surface area contributed by atoms with Gasteiger partial charge in [-0.15, -0.1) is 0 Å². The van der Waals surface area contributed by atoms with Crippen molar-refractivity contribution in [1.29, 1.82) is 0 Å². The normalized spacial score (nSPS) is 21.1. The zero-order valence-electron chi connectivity index (χ0n) is 13.5. The lowest BCUT2D eigenvalue weighted by molar-refractivity contribution is 0.255. The topological polar surface area (TPSA) is 35.5 Å². The van der Waals surface area contributed by atoms with Gasteiger partial charge in [0, 0.05) is 18.3 Å². The molecule has 0 aliphatic carbocycles. The van der Waals surface area contributed by atoms with Crippen molar-refractivity contribution in [3.05, 3.63) is 29.8 Å². The first-order valence-corrected chi connectivity index (χ1v) is 8.47. The van der Waals surface area contributed by atoms with E-state index < -0.39 is 0 Å². The second-order valence-corrected chi connectivity index (χ2v) is 6.11. The Hall–Kier alpha value is -1.06. The average Bonchev–Trinajstić information content (AvgIpc) is 2.77. The van der Waals surface area contributed by atoms with Gasteiger partial charge >= 0.3 is 0 Å². The summed E-state index contributed by atoms with van der Waals surface area (Å²) in [5.74, 6) is 0. The van der Waals surface area contributed by atoms with Crippen molar-refractivity contribution in [2.75, 3.05) is 24.6 Å². The van der Waals surface area contributed by atoms with Gasteiger partial charge in [0.1, 0.15) is 0 Å². The van der Waals surface area contributed by atoms with E-state index in [2.05, 4.69) is 48.3 Å². The first-order chi connectivity index (χ1) is 10.3. The first kappa shape index (κ1) is 16.3. The van der Waals surface area contributed by atoms with Crippen molar-refractivity contribution >= 4 is 5.69 Å². The molecule has 0 spiro atoms. The molecular formula is C18H30N2O. The van der Waals surface area contributed by atoms with Gasteiger partial charge in [-0.3, -0.25) is 0 Å². The summed E-state index contributed by atoms with van der Waals surface area (Å²) in [5, 5.41) is 13.3. The molecule has 21 heavy (non-hydrogen) atoms. The SMILES string of the molecule is CCCNC(C)c1ccccc1N1CCCCCC1CO. The molecule has 1 aromatic carbocycles. The number of rotatable bonds is 6. The Morgan fingerprint density at radius 1 is 1.29 bits per heavy atom. The summed E-state index contributed by atoms with van der Waals surface area (Å²) in [6.45, 7) is 6.79. The summed E-state index contributed by atoms with van der Waals surface area (Å²) in [6, 6.07) is 9.30. The molecule has 2 N–H and O–H groups in total. The number of nitrogens with one attached hydrogen (secondary N) is 1. The molecule has 1 heterocycles. The third-order valence-electron chi connectivity index (χ3n) is 4.50. The minimum atomic E-state index is 0.255. The van der Waals surface area contributed by atoms with Crippen molar-refractivity contribution in [3.8, 4) is 0 Å². The number of aliphatic hydroxyl groups excluding tert-OH is 1. The predicted molar refractivity (Wildman–Crippen MR) is 89.8 cm³/mol. The molecule has 2 atom stereocenters. The second-order valence-electron chi connectivity index (χ2n) is 6.11. The van der Waals surface area contributed by atoms with Gasteiger partial charge in [-0.2, -0.15) is 0 Å². The number of aliphatic hydroxyl groups is 1. The fraction of sp³-hybridized carbons (Fsp3) is 0.667. The number of anilines is 1. The van der Waals surface area contributed by atoms with Crippen LogP contribution in [-0.4, -0.2) is 30.8 Å². The van der Waals surface area contributed by atoms with Crippen LogP contribution in [0.15, 0.2) is 24.3 Å². The molecule has 0 radical (unpaired) electrons. The van der Waals surface area contributed by atoms with E-state index in [1.165, 1.54) is 30.5 Å². The molecule has 0 aromatic heterocycles. The van der Waals surface area contributed by atoms with Crippen LogP contribution >= 0.6 is 0 Å². The highest BCUT2D eigenvalue weighted by molar-refractivity contribution is 5.56. The van der Waals surface area contributed by atoms with E-state index in [0.29, 0.717) is 6.04 Å². The molecule has 1 fully saturated rings. The molecule has 1 aromatic rings. The maximum atomic E-state index is 9.76. The molecule has 1 saturated heterocycles. The quantitative estimate of drug-likeness (QED) is 0.842. The van der Waals surface area contributed by atoms with Crippen LogP contribution in [0.5, 0.6) is 0 Å². The molecule has 3 nitrogen and oxygen atoms in total. The fourth-order valence-corrected chi connectivity index (χ4v) is 3.27. The summed E-state index contributed by atoms with van der Waals surface area (Å²) in [6.07, 6.45) is 5.98. The zero-order chi connectivity index (χ0) is 15.1. The van der Waals surface area contributed by atoms with Gasteiger partial charge in [-0.1, -0.05) is 38.0 Å². The van der Waals surface area contributed by atoms with Crippen LogP contribution in [0.25, 0.3) is 0 Å². The number of hydrogen-bond acceptors (Lipinski definition) is 3. The van der Waals surface area contributed by atoms with E-state index in [4.69, 9.17) is 0 Å². The first-order valence-electron chi connectivity index (χ1n) is 8.47. The number of hydrogen-bond donors (Lipinski definition) is 2. The number of benzene rings is 1. The molecule has 1 aliphatic rings. The average molecular weight is 290 g/mol.